The lowest BCUT2D eigenvalue weighted by Gasteiger charge is -1.87. The highest BCUT2D eigenvalue weighted by Crippen LogP contribution is 2.09. The van der Waals surface area contributed by atoms with Crippen LogP contribution in [0.15, 0.2) is 4.42 Å². The number of hydrogen-bond donors (Lipinski definition) is 0. The van der Waals surface area contributed by atoms with Crippen molar-refractivity contribution in [1.82, 2.24) is 4.98 Å². The second-order valence-corrected chi connectivity index (χ2v) is 2.55. The van der Waals surface area contributed by atoms with Gasteiger partial charge in [0.25, 0.3) is 0 Å². The number of hydrogen-bond acceptors (Lipinski definition) is 2. The third-order valence-corrected chi connectivity index (χ3v) is 1.52. The summed E-state index contributed by atoms with van der Waals surface area (Å²) in [5, 5.41) is 0. The summed E-state index contributed by atoms with van der Waals surface area (Å²) >= 11 is 5.54. The summed E-state index contributed by atoms with van der Waals surface area (Å²) in [5.41, 5.74) is 0.979. The van der Waals surface area contributed by atoms with E-state index in [1.807, 2.05) is 13.8 Å². The predicted octanol–water partition coefficient (Wildman–Crippen LogP) is 2.49. The van der Waals surface area contributed by atoms with Crippen molar-refractivity contribution in [2.45, 2.75) is 20.3 Å². The Morgan fingerprint density at radius 1 is 1.45 bits per heavy atom. The van der Waals surface area contributed by atoms with Gasteiger partial charge >= 0.3 is 0 Å². The summed E-state index contributed by atoms with van der Waals surface area (Å²) in [6.07, 6.45) is 0.796. The largest absolute Gasteiger partial charge is 0.446 e. The van der Waals surface area contributed by atoms with Gasteiger partial charge in [-0.05, 0) is 6.92 Å². The van der Waals surface area contributed by atoms with Gasteiger partial charge in [0.2, 0.25) is 0 Å². The van der Waals surface area contributed by atoms with Crippen LogP contribution in [0.3, 0.4) is 0 Å². The first-order valence-corrected chi connectivity index (χ1v) is 3.76. The Balaban J connectivity index is 0.000001000. The number of aryl methyl sites for hydroxylation is 3. The molecule has 4 heteroatoms. The van der Waals surface area contributed by atoms with Crippen LogP contribution in [0.5, 0.6) is 0 Å². The first-order chi connectivity index (χ1) is 4.74. The fourth-order valence-corrected chi connectivity index (χ4v) is 1.07. The van der Waals surface area contributed by atoms with Gasteiger partial charge in [0.1, 0.15) is 5.76 Å². The highest BCUT2D eigenvalue weighted by Gasteiger charge is 2.03. The van der Waals surface area contributed by atoms with Crippen LogP contribution >= 0.6 is 24.0 Å². The van der Waals surface area contributed by atoms with E-state index in [1.54, 1.807) is 0 Å². The molecule has 0 aliphatic carbocycles. The summed E-state index contributed by atoms with van der Waals surface area (Å²) in [6, 6.07) is 0. The van der Waals surface area contributed by atoms with Gasteiger partial charge in [0.15, 0.2) is 5.89 Å². The molecule has 1 aromatic rings. The third-order valence-electron chi connectivity index (χ3n) is 1.33. The fourth-order valence-electron chi connectivity index (χ4n) is 0.894. The Morgan fingerprint density at radius 3 is 2.45 bits per heavy atom. The van der Waals surface area contributed by atoms with Gasteiger partial charge in [-0.25, -0.2) is 4.98 Å². The van der Waals surface area contributed by atoms with Crippen molar-refractivity contribution in [3.8, 4) is 0 Å². The lowest BCUT2D eigenvalue weighted by Crippen LogP contribution is -1.88. The summed E-state index contributed by atoms with van der Waals surface area (Å²) in [6.45, 7) is 3.74. The van der Waals surface area contributed by atoms with Crippen molar-refractivity contribution in [2.75, 3.05) is 5.88 Å². The van der Waals surface area contributed by atoms with Gasteiger partial charge in [-0.1, -0.05) is 0 Å². The fraction of sp³-hybridized carbons (Fsp3) is 0.571. The van der Waals surface area contributed by atoms with Gasteiger partial charge in [-0.3, -0.25) is 0 Å². The number of halogens is 2. The minimum atomic E-state index is 0. The van der Waals surface area contributed by atoms with Crippen LogP contribution in [0.1, 0.15) is 17.3 Å². The molecule has 0 bridgehead atoms. The smallest absolute Gasteiger partial charge is 0.191 e. The van der Waals surface area contributed by atoms with Gasteiger partial charge in [0, 0.05) is 19.2 Å². The Labute approximate surface area is 77.4 Å². The van der Waals surface area contributed by atoms with E-state index < -0.39 is 0 Å². The molecule has 0 spiro atoms. The molecule has 0 aromatic carbocycles. The van der Waals surface area contributed by atoms with E-state index in [1.165, 1.54) is 0 Å². The molecule has 0 N–H and O–H groups in total. The maximum absolute atomic E-state index is 5.54. The molecular weight excluding hydrogens is 185 g/mol. The van der Waals surface area contributed by atoms with E-state index in [0.29, 0.717) is 5.88 Å². The summed E-state index contributed by atoms with van der Waals surface area (Å²) < 4.78 is 5.20. The molecule has 0 saturated heterocycles. The van der Waals surface area contributed by atoms with Crippen LogP contribution < -0.4 is 0 Å². The van der Waals surface area contributed by atoms with Gasteiger partial charge < -0.3 is 4.42 Å². The average Bonchev–Trinajstić information content (AvgIpc) is 2.13. The molecule has 1 aromatic heterocycles. The average molecular weight is 196 g/mol. The van der Waals surface area contributed by atoms with Crippen LogP contribution in [0.2, 0.25) is 0 Å². The Bertz CT molecular complexity index is 222. The zero-order valence-corrected chi connectivity index (χ0v) is 8.13. The van der Waals surface area contributed by atoms with E-state index in [-0.39, 0.29) is 12.4 Å². The summed E-state index contributed by atoms with van der Waals surface area (Å²) in [7, 11) is 0. The van der Waals surface area contributed by atoms with Crippen LogP contribution in [0, 0.1) is 13.8 Å². The Morgan fingerprint density at radius 2 is 2.09 bits per heavy atom. The van der Waals surface area contributed by atoms with Gasteiger partial charge in [-0.2, -0.15) is 0 Å². The quantitative estimate of drug-likeness (QED) is 0.679. The topological polar surface area (TPSA) is 26.0 Å². The van der Waals surface area contributed by atoms with Crippen LogP contribution in [0.25, 0.3) is 0 Å². The van der Waals surface area contributed by atoms with E-state index in [9.17, 15) is 0 Å². The second-order valence-electron chi connectivity index (χ2n) is 2.17. The van der Waals surface area contributed by atoms with E-state index in [0.717, 1.165) is 23.8 Å². The van der Waals surface area contributed by atoms with Crippen molar-refractivity contribution < 1.29 is 4.42 Å². The number of alkyl halides is 1. The molecule has 0 atom stereocenters. The van der Waals surface area contributed by atoms with Crippen LogP contribution in [0.4, 0.5) is 0 Å². The third kappa shape index (κ3) is 2.72. The van der Waals surface area contributed by atoms with Crippen molar-refractivity contribution in [3.05, 3.63) is 17.3 Å². The van der Waals surface area contributed by atoms with Gasteiger partial charge in [-0.15, -0.1) is 24.0 Å². The number of aromatic nitrogens is 1. The van der Waals surface area contributed by atoms with Crippen molar-refractivity contribution in [1.29, 1.82) is 0 Å². The molecule has 64 valence electrons. The van der Waals surface area contributed by atoms with Crippen molar-refractivity contribution in [2.24, 2.45) is 0 Å². The minimum Gasteiger partial charge on any atom is -0.446 e. The first-order valence-electron chi connectivity index (χ1n) is 3.23. The molecule has 0 fully saturated rings. The molecule has 11 heavy (non-hydrogen) atoms. The predicted molar refractivity (Wildman–Crippen MR) is 47.6 cm³/mol. The molecule has 1 heterocycles. The zero-order chi connectivity index (χ0) is 7.56. The van der Waals surface area contributed by atoms with Crippen LogP contribution in [-0.2, 0) is 6.42 Å². The Hall–Kier alpha value is -0.210. The molecule has 0 radical (unpaired) electrons. The molecule has 0 unspecified atom stereocenters. The normalized spacial score (nSPS) is 9.36. The standard InChI is InChI=1S/C7H10ClNO.ClH/c1-5-7(3-4-8)9-6(2)10-5;/h3-4H2,1-2H3;1H. The highest BCUT2D eigenvalue weighted by molar-refractivity contribution is 6.17. The molecular formula is C7H11Cl2NO. The Kier molecular flexibility index (Phi) is 4.54. The van der Waals surface area contributed by atoms with Crippen molar-refractivity contribution in [3.63, 3.8) is 0 Å². The molecule has 0 aliphatic rings. The molecule has 0 amide bonds. The lowest BCUT2D eigenvalue weighted by atomic mass is 10.3. The maximum Gasteiger partial charge on any atom is 0.191 e. The maximum atomic E-state index is 5.54. The van der Waals surface area contributed by atoms with Crippen molar-refractivity contribution >= 4 is 24.0 Å². The first kappa shape index (κ1) is 10.8. The SMILES string of the molecule is Cc1nc(CCCl)c(C)o1.Cl. The monoisotopic (exact) mass is 195 g/mol. The van der Waals surface area contributed by atoms with E-state index in [2.05, 4.69) is 4.98 Å². The van der Waals surface area contributed by atoms with Crippen LogP contribution in [-0.4, -0.2) is 10.9 Å². The number of oxazole rings is 1. The number of nitrogens with zero attached hydrogens (tertiary/aromatic N) is 1. The highest BCUT2D eigenvalue weighted by atomic mass is 35.5. The summed E-state index contributed by atoms with van der Waals surface area (Å²) in [4.78, 5) is 4.15. The summed E-state index contributed by atoms with van der Waals surface area (Å²) in [5.74, 6) is 2.21. The lowest BCUT2D eigenvalue weighted by molar-refractivity contribution is 0.493. The minimum absolute atomic E-state index is 0. The molecule has 0 aliphatic heterocycles. The molecule has 2 nitrogen and oxygen atoms in total. The molecule has 1 rings (SSSR count). The second kappa shape index (κ2) is 4.62. The van der Waals surface area contributed by atoms with E-state index in [4.69, 9.17) is 16.0 Å². The zero-order valence-electron chi connectivity index (χ0n) is 6.56. The van der Waals surface area contributed by atoms with E-state index >= 15 is 0 Å². The molecule has 0 saturated carbocycles. The van der Waals surface area contributed by atoms with Gasteiger partial charge in [0.05, 0.1) is 5.69 Å². The number of rotatable bonds is 2.